The van der Waals surface area contributed by atoms with Gasteiger partial charge in [-0.05, 0) is 63.1 Å². The Morgan fingerprint density at radius 2 is 2.14 bits per heavy atom. The summed E-state index contributed by atoms with van der Waals surface area (Å²) < 4.78 is 18.6. The number of rotatable bonds is 10. The molecule has 0 saturated heterocycles. The van der Waals surface area contributed by atoms with Crippen LogP contribution in [0.15, 0.2) is 60.6 Å². The smallest absolute Gasteiger partial charge is 0.334 e. The average Bonchev–Trinajstić information content (AvgIpc) is 3.31. The van der Waals surface area contributed by atoms with Gasteiger partial charge in [-0.25, -0.2) is 9.78 Å². The molecule has 1 aliphatic rings. The van der Waals surface area contributed by atoms with Crippen molar-refractivity contribution in [3.63, 3.8) is 0 Å². The summed E-state index contributed by atoms with van der Waals surface area (Å²) in [6, 6.07) is 14.3. The molecule has 2 heterocycles. The van der Waals surface area contributed by atoms with Crippen molar-refractivity contribution in [3.05, 3.63) is 77.4 Å². The lowest BCUT2D eigenvalue weighted by Crippen LogP contribution is -2.28. The fourth-order valence-electron chi connectivity index (χ4n) is 4.32. The second-order valence-corrected chi connectivity index (χ2v) is 8.53. The Kier molecular flexibility index (Phi) is 8.21. The molecular weight excluding hydrogens is 442 g/mol. The van der Waals surface area contributed by atoms with E-state index in [1.165, 1.54) is 5.56 Å². The first kappa shape index (κ1) is 24.5. The van der Waals surface area contributed by atoms with Gasteiger partial charge in [-0.1, -0.05) is 24.3 Å². The maximum atomic E-state index is 12.7. The van der Waals surface area contributed by atoms with Crippen molar-refractivity contribution in [2.75, 3.05) is 26.9 Å². The van der Waals surface area contributed by atoms with Gasteiger partial charge in [0, 0.05) is 29.8 Å². The van der Waals surface area contributed by atoms with Gasteiger partial charge in [0.05, 0.1) is 38.0 Å². The summed E-state index contributed by atoms with van der Waals surface area (Å²) in [5.74, 6) is 1.38. The number of methoxy groups -OCH3 is 1. The van der Waals surface area contributed by atoms with Gasteiger partial charge in [0.25, 0.3) is 0 Å². The zero-order valence-electron chi connectivity index (χ0n) is 20.6. The van der Waals surface area contributed by atoms with E-state index in [0.29, 0.717) is 31.0 Å². The van der Waals surface area contributed by atoms with Crippen molar-refractivity contribution in [1.82, 2.24) is 14.9 Å². The minimum Gasteiger partial charge on any atom is -0.495 e. The Balaban J connectivity index is 1.44. The number of fused-ring (bicyclic) bond motifs is 1. The van der Waals surface area contributed by atoms with Gasteiger partial charge in [-0.15, -0.1) is 0 Å². The number of para-hydroxylation sites is 1. The van der Waals surface area contributed by atoms with Crippen LogP contribution >= 0.6 is 0 Å². The monoisotopic (exact) mass is 475 g/mol. The molecule has 0 amide bonds. The average molecular weight is 476 g/mol. The first-order valence-electron chi connectivity index (χ1n) is 12.1. The molecule has 1 unspecified atom stereocenters. The van der Waals surface area contributed by atoms with E-state index >= 15 is 0 Å². The van der Waals surface area contributed by atoms with Crippen molar-refractivity contribution < 1.29 is 19.0 Å². The number of carbonyl (C=O) groups excluding carboxylic acids is 1. The van der Waals surface area contributed by atoms with Gasteiger partial charge in [-0.3, -0.25) is 0 Å². The highest BCUT2D eigenvalue weighted by Gasteiger charge is 2.20. The van der Waals surface area contributed by atoms with Crippen LogP contribution in [0.5, 0.6) is 11.5 Å². The predicted molar refractivity (Wildman–Crippen MR) is 136 cm³/mol. The molecule has 4 rings (SSSR count). The Morgan fingerprint density at radius 3 is 2.91 bits per heavy atom. The van der Waals surface area contributed by atoms with E-state index in [0.717, 1.165) is 42.1 Å². The van der Waals surface area contributed by atoms with E-state index < -0.39 is 0 Å². The normalized spacial score (nSPS) is 15.3. The van der Waals surface area contributed by atoms with Crippen molar-refractivity contribution in [3.8, 4) is 17.2 Å². The summed E-state index contributed by atoms with van der Waals surface area (Å²) >= 11 is 0. The van der Waals surface area contributed by atoms with Crippen LogP contribution in [0.1, 0.15) is 49.0 Å². The molecule has 2 aromatic carbocycles. The largest absolute Gasteiger partial charge is 0.495 e. The maximum Gasteiger partial charge on any atom is 0.334 e. The third kappa shape index (κ3) is 6.11. The SMILES string of the molecule is CCOC(=O)/C(=C\c1ccc(-n2cnc(C)c2)c(OC)c1)CCCNC1CCOc2ccccc21. The third-order valence-electron chi connectivity index (χ3n) is 6.04. The molecule has 7 heteroatoms. The summed E-state index contributed by atoms with van der Waals surface area (Å²) in [5, 5.41) is 3.63. The van der Waals surface area contributed by atoms with Gasteiger partial charge in [0.15, 0.2) is 0 Å². The zero-order chi connectivity index (χ0) is 24.6. The molecule has 1 aromatic heterocycles. The quantitative estimate of drug-likeness (QED) is 0.252. The van der Waals surface area contributed by atoms with E-state index in [4.69, 9.17) is 14.2 Å². The van der Waals surface area contributed by atoms with Crippen LogP contribution in [0.4, 0.5) is 0 Å². The highest BCUT2D eigenvalue weighted by molar-refractivity contribution is 5.93. The van der Waals surface area contributed by atoms with Crippen molar-refractivity contribution in [2.45, 2.75) is 39.2 Å². The number of ether oxygens (including phenoxy) is 3. The number of hydrogen-bond acceptors (Lipinski definition) is 6. The lowest BCUT2D eigenvalue weighted by molar-refractivity contribution is -0.138. The molecule has 1 aliphatic heterocycles. The standard InChI is InChI=1S/C28H33N3O4/c1-4-34-28(32)22(8-7-14-29-24-13-15-35-26-10-6-5-9-23(24)26)16-21-11-12-25(27(17-21)33-3)31-18-20(2)30-19-31/h5-6,9-12,16-19,24,29H,4,7-8,13-15H2,1-3H3/b22-16-. The minimum atomic E-state index is -0.280. The highest BCUT2D eigenvalue weighted by atomic mass is 16.5. The second kappa shape index (κ2) is 11.7. The molecule has 0 saturated carbocycles. The molecular formula is C28H33N3O4. The molecule has 7 nitrogen and oxygen atoms in total. The lowest BCUT2D eigenvalue weighted by atomic mass is 10.00. The van der Waals surface area contributed by atoms with Crippen LogP contribution in [0.25, 0.3) is 11.8 Å². The molecule has 1 N–H and O–H groups in total. The number of nitrogens with zero attached hydrogens (tertiary/aromatic N) is 2. The van der Waals surface area contributed by atoms with E-state index in [1.807, 2.05) is 67.1 Å². The summed E-state index contributed by atoms with van der Waals surface area (Å²) in [7, 11) is 1.64. The van der Waals surface area contributed by atoms with Crippen molar-refractivity contribution in [1.29, 1.82) is 0 Å². The van der Waals surface area contributed by atoms with Crippen LogP contribution < -0.4 is 14.8 Å². The zero-order valence-corrected chi connectivity index (χ0v) is 20.6. The number of imidazole rings is 1. The Labute approximate surface area is 206 Å². The molecule has 0 spiro atoms. The number of hydrogen-bond donors (Lipinski definition) is 1. The van der Waals surface area contributed by atoms with Gasteiger partial charge < -0.3 is 24.1 Å². The highest BCUT2D eigenvalue weighted by Crippen LogP contribution is 2.31. The molecule has 0 fully saturated rings. The Morgan fingerprint density at radius 1 is 1.29 bits per heavy atom. The van der Waals surface area contributed by atoms with Crippen molar-refractivity contribution >= 4 is 12.0 Å². The molecule has 0 radical (unpaired) electrons. The fourth-order valence-corrected chi connectivity index (χ4v) is 4.32. The maximum absolute atomic E-state index is 12.7. The molecule has 35 heavy (non-hydrogen) atoms. The molecule has 3 aromatic rings. The molecule has 0 aliphatic carbocycles. The van der Waals surface area contributed by atoms with Crippen LogP contribution in [0.2, 0.25) is 0 Å². The first-order chi connectivity index (χ1) is 17.1. The Hall–Kier alpha value is -3.58. The summed E-state index contributed by atoms with van der Waals surface area (Å²) in [6.45, 7) is 5.61. The summed E-state index contributed by atoms with van der Waals surface area (Å²) in [4.78, 5) is 17.0. The van der Waals surface area contributed by atoms with Crippen LogP contribution in [0, 0.1) is 6.92 Å². The van der Waals surface area contributed by atoms with Crippen LogP contribution in [-0.2, 0) is 9.53 Å². The predicted octanol–water partition coefficient (Wildman–Crippen LogP) is 5.03. The van der Waals surface area contributed by atoms with Gasteiger partial charge >= 0.3 is 5.97 Å². The van der Waals surface area contributed by atoms with E-state index in [1.54, 1.807) is 13.4 Å². The van der Waals surface area contributed by atoms with Gasteiger partial charge in [0.2, 0.25) is 0 Å². The van der Waals surface area contributed by atoms with Gasteiger partial charge in [0.1, 0.15) is 11.5 Å². The topological polar surface area (TPSA) is 74.6 Å². The van der Waals surface area contributed by atoms with Crippen molar-refractivity contribution in [2.24, 2.45) is 0 Å². The number of aryl methyl sites for hydroxylation is 1. The van der Waals surface area contributed by atoms with Crippen LogP contribution in [0.3, 0.4) is 0 Å². The van der Waals surface area contributed by atoms with E-state index in [2.05, 4.69) is 16.4 Å². The lowest BCUT2D eigenvalue weighted by Gasteiger charge is -2.26. The summed E-state index contributed by atoms with van der Waals surface area (Å²) in [6.07, 6.45) is 7.96. The number of carbonyl (C=O) groups is 1. The van der Waals surface area contributed by atoms with E-state index in [9.17, 15) is 4.79 Å². The minimum absolute atomic E-state index is 0.263. The number of aromatic nitrogens is 2. The third-order valence-corrected chi connectivity index (χ3v) is 6.04. The van der Waals surface area contributed by atoms with Gasteiger partial charge in [-0.2, -0.15) is 0 Å². The van der Waals surface area contributed by atoms with Crippen LogP contribution in [-0.4, -0.2) is 42.4 Å². The first-order valence-corrected chi connectivity index (χ1v) is 12.1. The fraction of sp³-hybridized carbons (Fsp3) is 0.357. The molecule has 184 valence electrons. The number of esters is 1. The molecule has 0 bridgehead atoms. The summed E-state index contributed by atoms with van der Waals surface area (Å²) in [5.41, 5.74) is 4.55. The number of nitrogens with one attached hydrogen (secondary N) is 1. The molecule has 1 atom stereocenters. The Bertz CT molecular complexity index is 1180. The second-order valence-electron chi connectivity index (χ2n) is 8.53. The number of benzene rings is 2. The van der Waals surface area contributed by atoms with E-state index in [-0.39, 0.29) is 12.0 Å².